The average molecular weight is 599 g/mol. The molecule has 9 N–H and O–H groups in total. The second kappa shape index (κ2) is 20.2. The quantitative estimate of drug-likeness (QED) is 0.0965. The zero-order valence-corrected chi connectivity index (χ0v) is 27.0. The van der Waals surface area contributed by atoms with E-state index in [-0.39, 0.29) is 30.1 Å². The Hall–Kier alpha value is -2.73. The van der Waals surface area contributed by atoms with Crippen LogP contribution in [0.25, 0.3) is 0 Å². The molecule has 0 aliphatic rings. The van der Waals surface area contributed by atoms with Crippen molar-refractivity contribution in [1.29, 1.82) is 0 Å². The first kappa shape index (κ1) is 39.3. The van der Waals surface area contributed by atoms with Gasteiger partial charge in [0.25, 0.3) is 0 Å². The van der Waals surface area contributed by atoms with E-state index in [1.807, 2.05) is 48.5 Å². The Morgan fingerprint density at radius 3 is 1.50 bits per heavy atom. The Morgan fingerprint density at radius 1 is 0.643 bits per heavy atom. The maximum atomic E-state index is 13.6. The zero-order chi connectivity index (χ0) is 32.6. The molecule has 0 aliphatic carbocycles. The summed E-state index contributed by atoms with van der Waals surface area (Å²) in [7, 11) is 0. The molecule has 4 amide bonds. The van der Waals surface area contributed by atoms with Gasteiger partial charge in [-0.3, -0.25) is 19.2 Å². The number of amides is 4. The van der Waals surface area contributed by atoms with Gasteiger partial charge in [-0.15, -0.1) is 0 Å². The number of unbranched alkanes of at least 4 members (excludes halogenated alkanes) is 1. The van der Waals surface area contributed by atoms with Crippen LogP contribution in [0.4, 0.5) is 0 Å². The molecular weight excluding hydrogens is 540 g/mol. The Bertz CT molecular complexity index is 869. The lowest BCUT2D eigenvalue weighted by atomic mass is 9.93. The highest BCUT2D eigenvalue weighted by Gasteiger charge is 2.35. The van der Waals surface area contributed by atoms with Crippen LogP contribution in [0.2, 0.25) is 0 Å². The molecule has 0 heterocycles. The predicted octanol–water partition coefficient (Wildman–Crippen LogP) is 1.65. The molecule has 0 radical (unpaired) electrons. The van der Waals surface area contributed by atoms with Crippen LogP contribution >= 0.6 is 0 Å². The molecule has 0 aromatic carbocycles. The Labute approximate surface area is 252 Å². The molecule has 42 heavy (non-hydrogen) atoms. The van der Waals surface area contributed by atoms with Gasteiger partial charge < -0.3 is 37.8 Å². The van der Waals surface area contributed by atoms with Crippen LogP contribution < -0.4 is 32.7 Å². The number of carbonyl (C=O) groups is 5. The van der Waals surface area contributed by atoms with E-state index in [4.69, 9.17) is 11.5 Å². The van der Waals surface area contributed by atoms with Gasteiger partial charge in [0.15, 0.2) is 0 Å². The fourth-order valence-corrected chi connectivity index (χ4v) is 4.45. The molecule has 0 aliphatic heterocycles. The molecule has 0 fully saturated rings. The molecule has 0 bridgehead atoms. The summed E-state index contributed by atoms with van der Waals surface area (Å²) in [6, 6.07) is -4.78. The molecule has 0 saturated carbocycles. The highest BCUT2D eigenvalue weighted by molar-refractivity contribution is 5.95. The number of rotatable bonds is 21. The van der Waals surface area contributed by atoms with E-state index in [0.717, 1.165) is 6.42 Å². The fraction of sp³-hybridized carbons (Fsp3) is 0.833. The lowest BCUT2D eigenvalue weighted by molar-refractivity contribution is -0.144. The number of nitrogens with one attached hydrogen (secondary N) is 4. The average Bonchev–Trinajstić information content (AvgIpc) is 2.94. The van der Waals surface area contributed by atoms with E-state index in [2.05, 4.69) is 21.3 Å². The third kappa shape index (κ3) is 13.5. The molecule has 0 unspecified atom stereocenters. The monoisotopic (exact) mass is 598 g/mol. The molecule has 0 aromatic heterocycles. The van der Waals surface area contributed by atoms with E-state index >= 15 is 0 Å². The van der Waals surface area contributed by atoms with Crippen molar-refractivity contribution in [2.75, 3.05) is 6.54 Å². The summed E-state index contributed by atoms with van der Waals surface area (Å²) in [5.74, 6) is -4.07. The standard InChI is InChI=1S/C30H58N6O6/c1-9-18(6)23(35-29(40)24(19(7)10-2)34-26(37)21(32)14-12-13-15-31)28(39)33-22(16-17(4)5)27(38)36-25(30(41)42)20(8)11-3/h17-25H,9-16,31-32H2,1-8H3,(H,33,39)(H,34,37)(H,35,40)(H,36,38)(H,41,42)/t18-,19-,20-,21-,22-,23-,24-,25-/m0/s1. The minimum atomic E-state index is -1.14. The lowest BCUT2D eigenvalue weighted by Gasteiger charge is -2.31. The minimum absolute atomic E-state index is 0.0172. The Morgan fingerprint density at radius 2 is 1.07 bits per heavy atom. The highest BCUT2D eigenvalue weighted by atomic mass is 16.4. The van der Waals surface area contributed by atoms with Gasteiger partial charge in [0, 0.05) is 0 Å². The highest BCUT2D eigenvalue weighted by Crippen LogP contribution is 2.15. The van der Waals surface area contributed by atoms with Crippen LogP contribution in [-0.4, -0.2) is 71.5 Å². The molecule has 12 nitrogen and oxygen atoms in total. The molecule has 0 rings (SSSR count). The summed E-state index contributed by atoms with van der Waals surface area (Å²) in [5, 5.41) is 20.6. The summed E-state index contributed by atoms with van der Waals surface area (Å²) >= 11 is 0. The number of carbonyl (C=O) groups excluding carboxylic acids is 4. The van der Waals surface area contributed by atoms with Crippen LogP contribution in [0, 0.1) is 23.7 Å². The number of nitrogens with two attached hydrogens (primary N) is 2. The van der Waals surface area contributed by atoms with Crippen molar-refractivity contribution < 1.29 is 29.1 Å². The molecule has 0 saturated heterocycles. The zero-order valence-electron chi connectivity index (χ0n) is 27.0. The second-order valence-corrected chi connectivity index (χ2v) is 12.0. The summed E-state index contributed by atoms with van der Waals surface area (Å²) < 4.78 is 0. The molecular formula is C30H58N6O6. The first-order chi connectivity index (χ1) is 19.6. The summed E-state index contributed by atoms with van der Waals surface area (Å²) in [6.07, 6.45) is 3.85. The third-order valence-corrected chi connectivity index (χ3v) is 8.01. The van der Waals surface area contributed by atoms with Gasteiger partial charge in [0.2, 0.25) is 23.6 Å². The van der Waals surface area contributed by atoms with Gasteiger partial charge in [0.05, 0.1) is 6.04 Å². The van der Waals surface area contributed by atoms with E-state index in [0.29, 0.717) is 38.6 Å². The van der Waals surface area contributed by atoms with Crippen molar-refractivity contribution in [3.63, 3.8) is 0 Å². The largest absolute Gasteiger partial charge is 0.480 e. The van der Waals surface area contributed by atoms with Crippen LogP contribution in [-0.2, 0) is 24.0 Å². The van der Waals surface area contributed by atoms with Gasteiger partial charge >= 0.3 is 5.97 Å². The van der Waals surface area contributed by atoms with Gasteiger partial charge in [-0.2, -0.15) is 0 Å². The number of hydrogen-bond acceptors (Lipinski definition) is 7. The van der Waals surface area contributed by atoms with Gasteiger partial charge in [0.1, 0.15) is 24.2 Å². The number of hydrogen-bond donors (Lipinski definition) is 7. The topological polar surface area (TPSA) is 206 Å². The maximum absolute atomic E-state index is 13.6. The van der Waals surface area contributed by atoms with Crippen molar-refractivity contribution >= 4 is 29.6 Å². The molecule has 8 atom stereocenters. The molecule has 12 heteroatoms. The van der Waals surface area contributed by atoms with Gasteiger partial charge in [-0.25, -0.2) is 4.79 Å². The van der Waals surface area contributed by atoms with Crippen LogP contribution in [0.5, 0.6) is 0 Å². The summed E-state index contributed by atoms with van der Waals surface area (Å²) in [5.41, 5.74) is 11.6. The summed E-state index contributed by atoms with van der Waals surface area (Å²) in [4.78, 5) is 64.9. The fourth-order valence-electron chi connectivity index (χ4n) is 4.45. The van der Waals surface area contributed by atoms with E-state index in [9.17, 15) is 29.1 Å². The van der Waals surface area contributed by atoms with Crippen LogP contribution in [0.1, 0.15) is 100 Å². The van der Waals surface area contributed by atoms with E-state index in [1.54, 1.807) is 6.92 Å². The Balaban J connectivity index is 5.91. The molecule has 0 spiro atoms. The van der Waals surface area contributed by atoms with Crippen molar-refractivity contribution in [2.24, 2.45) is 35.1 Å². The van der Waals surface area contributed by atoms with Crippen LogP contribution in [0.3, 0.4) is 0 Å². The van der Waals surface area contributed by atoms with Crippen molar-refractivity contribution in [1.82, 2.24) is 21.3 Å². The number of aliphatic carboxylic acids is 1. The molecule has 244 valence electrons. The van der Waals surface area contributed by atoms with E-state index in [1.165, 1.54) is 0 Å². The van der Waals surface area contributed by atoms with E-state index < -0.39 is 59.8 Å². The predicted molar refractivity (Wildman–Crippen MR) is 164 cm³/mol. The van der Waals surface area contributed by atoms with Crippen LogP contribution in [0.15, 0.2) is 0 Å². The first-order valence-electron chi connectivity index (χ1n) is 15.5. The normalized spacial score (nSPS) is 17.1. The van der Waals surface area contributed by atoms with Crippen molar-refractivity contribution in [3.05, 3.63) is 0 Å². The minimum Gasteiger partial charge on any atom is -0.480 e. The van der Waals surface area contributed by atoms with Crippen molar-refractivity contribution in [2.45, 2.75) is 131 Å². The second-order valence-electron chi connectivity index (χ2n) is 12.0. The SMILES string of the molecule is CC[C@H](C)[C@H](NC(=O)[C@H](CC(C)C)NC(=O)[C@@H](NC(=O)[C@@H](NC(=O)[C@@H](N)CCCCN)[C@@H](C)CC)[C@@H](C)CC)C(=O)O. The lowest BCUT2D eigenvalue weighted by Crippen LogP contribution is -2.61. The maximum Gasteiger partial charge on any atom is 0.326 e. The summed E-state index contributed by atoms with van der Waals surface area (Å²) in [6.45, 7) is 15.3. The van der Waals surface area contributed by atoms with Gasteiger partial charge in [-0.1, -0.05) is 81.1 Å². The number of carboxylic acid groups (broad SMARTS) is 1. The first-order valence-corrected chi connectivity index (χ1v) is 15.5. The van der Waals surface area contributed by atoms with Crippen molar-refractivity contribution in [3.8, 4) is 0 Å². The van der Waals surface area contributed by atoms with Gasteiger partial charge in [-0.05, 0) is 49.5 Å². The third-order valence-electron chi connectivity index (χ3n) is 8.01. The Kier molecular flexibility index (Phi) is 18.9. The smallest absolute Gasteiger partial charge is 0.326 e. The number of carboxylic acids is 1. The molecule has 0 aromatic rings.